The molecule has 1 aromatic rings. The minimum Gasteiger partial charge on any atom is -0.392 e. The topological polar surface area (TPSA) is 20.2 Å². The molecule has 0 amide bonds. The van der Waals surface area contributed by atoms with Crippen molar-refractivity contribution in [2.75, 3.05) is 6.61 Å². The van der Waals surface area contributed by atoms with E-state index in [1.165, 1.54) is 19.3 Å². The molecule has 1 aliphatic rings. The summed E-state index contributed by atoms with van der Waals surface area (Å²) in [6.07, 6.45) is 8.10. The van der Waals surface area contributed by atoms with Gasteiger partial charge in [-0.15, -0.1) is 0 Å². The van der Waals surface area contributed by atoms with Gasteiger partial charge in [0.1, 0.15) is 0 Å². The largest absolute Gasteiger partial charge is 0.392 e. The highest BCUT2D eigenvalue weighted by Crippen LogP contribution is 2.33. The zero-order chi connectivity index (χ0) is 13.0. The van der Waals surface area contributed by atoms with Gasteiger partial charge in [-0.05, 0) is 36.5 Å². The first-order valence-electron chi connectivity index (χ1n) is 6.47. The van der Waals surface area contributed by atoms with E-state index in [0.29, 0.717) is 16.0 Å². The zero-order valence-corrected chi connectivity index (χ0v) is 11.8. The van der Waals surface area contributed by atoms with Gasteiger partial charge in [0.05, 0.1) is 6.61 Å². The second kappa shape index (κ2) is 6.60. The van der Waals surface area contributed by atoms with Crippen LogP contribution in [0.25, 0.3) is 6.08 Å². The van der Waals surface area contributed by atoms with Gasteiger partial charge in [-0.1, -0.05) is 54.6 Å². The van der Waals surface area contributed by atoms with E-state index < -0.39 is 0 Å². The van der Waals surface area contributed by atoms with Crippen molar-refractivity contribution in [3.8, 4) is 0 Å². The fraction of sp³-hybridized carbons (Fsp3) is 0.467. The lowest BCUT2D eigenvalue weighted by Gasteiger charge is -2.23. The highest BCUT2D eigenvalue weighted by Gasteiger charge is 2.18. The molecule has 0 radical (unpaired) electrons. The molecular weight excluding hydrogens is 267 g/mol. The molecular formula is C15H18Cl2O. The van der Waals surface area contributed by atoms with Crippen molar-refractivity contribution in [1.82, 2.24) is 0 Å². The molecule has 1 aromatic carbocycles. The summed E-state index contributed by atoms with van der Waals surface area (Å²) in [5.41, 5.74) is 1.89. The van der Waals surface area contributed by atoms with Crippen LogP contribution >= 0.6 is 23.2 Å². The zero-order valence-electron chi connectivity index (χ0n) is 10.3. The minimum absolute atomic E-state index is 0.0895. The third kappa shape index (κ3) is 3.28. The van der Waals surface area contributed by atoms with Crippen LogP contribution in [0.3, 0.4) is 0 Å². The van der Waals surface area contributed by atoms with Crippen LogP contribution in [-0.4, -0.2) is 11.7 Å². The molecule has 3 heteroatoms. The van der Waals surface area contributed by atoms with Crippen LogP contribution in [-0.2, 0) is 0 Å². The molecule has 0 spiro atoms. The molecule has 1 N–H and O–H groups in total. The molecule has 1 fully saturated rings. The lowest BCUT2D eigenvalue weighted by Crippen LogP contribution is -2.11. The molecule has 18 heavy (non-hydrogen) atoms. The van der Waals surface area contributed by atoms with Gasteiger partial charge in [0.15, 0.2) is 0 Å². The van der Waals surface area contributed by atoms with Gasteiger partial charge in [-0.2, -0.15) is 0 Å². The van der Waals surface area contributed by atoms with E-state index in [-0.39, 0.29) is 6.61 Å². The van der Waals surface area contributed by atoms with E-state index in [1.54, 1.807) is 0 Å². The number of hydrogen-bond acceptors (Lipinski definition) is 1. The summed E-state index contributed by atoms with van der Waals surface area (Å²) in [6.45, 7) is 0.0895. The van der Waals surface area contributed by atoms with Gasteiger partial charge >= 0.3 is 0 Å². The van der Waals surface area contributed by atoms with Crippen molar-refractivity contribution in [3.05, 3.63) is 39.4 Å². The molecule has 98 valence electrons. The minimum atomic E-state index is 0.0895. The van der Waals surface area contributed by atoms with E-state index in [9.17, 15) is 5.11 Å². The predicted molar refractivity (Wildman–Crippen MR) is 78.1 cm³/mol. The molecule has 0 aliphatic heterocycles. The maximum atomic E-state index is 9.57. The Bertz CT molecular complexity index is 414. The molecule has 2 rings (SSSR count). The highest BCUT2D eigenvalue weighted by molar-refractivity contribution is 6.37. The van der Waals surface area contributed by atoms with Crippen LogP contribution < -0.4 is 0 Å². The normalized spacial score (nSPS) is 18.1. The molecule has 0 heterocycles. The third-order valence-corrected chi connectivity index (χ3v) is 4.30. The standard InChI is InChI=1S/C15H18Cl2O/c16-14-7-4-8-15(17)13(14)9-12(10-18)11-5-2-1-3-6-11/h4,7-9,11,18H,1-3,5-6,10H2. The van der Waals surface area contributed by atoms with Crippen molar-refractivity contribution >= 4 is 29.3 Å². The number of rotatable bonds is 3. The van der Waals surface area contributed by atoms with Gasteiger partial charge < -0.3 is 5.11 Å². The Balaban J connectivity index is 2.28. The summed E-state index contributed by atoms with van der Waals surface area (Å²) in [6, 6.07) is 5.49. The lowest BCUT2D eigenvalue weighted by atomic mass is 9.83. The van der Waals surface area contributed by atoms with Gasteiger partial charge in [0.2, 0.25) is 0 Å². The van der Waals surface area contributed by atoms with Crippen molar-refractivity contribution in [3.63, 3.8) is 0 Å². The Hall–Kier alpha value is -0.500. The number of benzene rings is 1. The Morgan fingerprint density at radius 2 is 1.78 bits per heavy atom. The number of halogens is 2. The molecule has 0 saturated heterocycles. The van der Waals surface area contributed by atoms with E-state index in [0.717, 1.165) is 24.0 Å². The molecule has 0 aromatic heterocycles. The predicted octanol–water partition coefficient (Wildman–Crippen LogP) is 4.95. The SMILES string of the molecule is OCC(=Cc1c(Cl)cccc1Cl)C1CCCCC1. The van der Waals surface area contributed by atoms with Crippen molar-refractivity contribution < 1.29 is 5.11 Å². The first-order valence-corrected chi connectivity index (χ1v) is 7.23. The summed E-state index contributed by atoms with van der Waals surface area (Å²) in [5, 5.41) is 10.9. The maximum Gasteiger partial charge on any atom is 0.0647 e. The van der Waals surface area contributed by atoms with Crippen LogP contribution in [0.1, 0.15) is 37.7 Å². The van der Waals surface area contributed by atoms with Gasteiger partial charge in [0.25, 0.3) is 0 Å². The second-order valence-electron chi connectivity index (χ2n) is 4.85. The summed E-state index contributed by atoms with van der Waals surface area (Å²) in [4.78, 5) is 0. The maximum absolute atomic E-state index is 9.57. The number of aliphatic hydroxyl groups excluding tert-OH is 1. The van der Waals surface area contributed by atoms with E-state index in [4.69, 9.17) is 23.2 Å². The lowest BCUT2D eigenvalue weighted by molar-refractivity contribution is 0.295. The molecule has 0 unspecified atom stereocenters. The van der Waals surface area contributed by atoms with Crippen LogP contribution in [0.15, 0.2) is 23.8 Å². The second-order valence-corrected chi connectivity index (χ2v) is 5.66. The van der Waals surface area contributed by atoms with Gasteiger partial charge in [-0.3, -0.25) is 0 Å². The van der Waals surface area contributed by atoms with E-state index >= 15 is 0 Å². The van der Waals surface area contributed by atoms with Crippen LogP contribution in [0, 0.1) is 5.92 Å². The van der Waals surface area contributed by atoms with Gasteiger partial charge in [0, 0.05) is 15.6 Å². The van der Waals surface area contributed by atoms with Crippen LogP contribution in [0.4, 0.5) is 0 Å². The molecule has 0 bridgehead atoms. The average molecular weight is 285 g/mol. The van der Waals surface area contributed by atoms with Crippen molar-refractivity contribution in [2.24, 2.45) is 5.92 Å². The highest BCUT2D eigenvalue weighted by atomic mass is 35.5. The van der Waals surface area contributed by atoms with E-state index in [1.807, 2.05) is 24.3 Å². The Morgan fingerprint density at radius 1 is 1.17 bits per heavy atom. The first-order chi connectivity index (χ1) is 8.72. The molecule has 1 aliphatic carbocycles. The fourth-order valence-corrected chi connectivity index (χ4v) is 3.11. The Morgan fingerprint density at radius 3 is 2.33 bits per heavy atom. The monoisotopic (exact) mass is 284 g/mol. The third-order valence-electron chi connectivity index (χ3n) is 3.64. The molecule has 0 atom stereocenters. The van der Waals surface area contributed by atoms with Gasteiger partial charge in [-0.25, -0.2) is 0 Å². The summed E-state index contributed by atoms with van der Waals surface area (Å²) < 4.78 is 0. The quantitative estimate of drug-likeness (QED) is 0.833. The molecule has 1 nitrogen and oxygen atoms in total. The summed E-state index contributed by atoms with van der Waals surface area (Å²) in [5.74, 6) is 0.482. The first kappa shape index (κ1) is 13.9. The fourth-order valence-electron chi connectivity index (χ4n) is 2.60. The van der Waals surface area contributed by atoms with E-state index in [2.05, 4.69) is 0 Å². The number of hydrogen-bond donors (Lipinski definition) is 1. The Labute approximate surface area is 118 Å². The average Bonchev–Trinajstić information content (AvgIpc) is 2.40. The Kier molecular flexibility index (Phi) is 5.11. The summed E-state index contributed by atoms with van der Waals surface area (Å²) >= 11 is 12.3. The van der Waals surface area contributed by atoms with Crippen LogP contribution in [0.5, 0.6) is 0 Å². The van der Waals surface area contributed by atoms with Crippen molar-refractivity contribution in [1.29, 1.82) is 0 Å². The smallest absolute Gasteiger partial charge is 0.0647 e. The van der Waals surface area contributed by atoms with Crippen LogP contribution in [0.2, 0.25) is 10.0 Å². The summed E-state index contributed by atoms with van der Waals surface area (Å²) in [7, 11) is 0. The van der Waals surface area contributed by atoms with Crippen molar-refractivity contribution in [2.45, 2.75) is 32.1 Å². The molecule has 1 saturated carbocycles. The number of aliphatic hydroxyl groups is 1.